The van der Waals surface area contributed by atoms with Crippen LogP contribution in [0.1, 0.15) is 65.2 Å². The molecule has 4 fully saturated rings. The van der Waals surface area contributed by atoms with Crippen molar-refractivity contribution in [3.8, 4) is 0 Å². The molecular weight excluding hydrogens is 312 g/mol. The molecule has 0 aromatic heterocycles. The molecule has 0 aliphatic heterocycles. The minimum atomic E-state index is 0.391. The lowest BCUT2D eigenvalue weighted by molar-refractivity contribution is -0.00643. The van der Waals surface area contributed by atoms with Crippen LogP contribution in [-0.4, -0.2) is 0 Å². The molecule has 0 aromatic rings. The highest BCUT2D eigenvalue weighted by molar-refractivity contribution is 5.45. The van der Waals surface area contributed by atoms with Crippen molar-refractivity contribution in [1.82, 2.24) is 0 Å². The van der Waals surface area contributed by atoms with Gasteiger partial charge in [0.1, 0.15) is 0 Å². The molecular formula is C26H36. The van der Waals surface area contributed by atoms with E-state index >= 15 is 0 Å². The predicted molar refractivity (Wildman–Crippen MR) is 111 cm³/mol. The Balaban J connectivity index is 1.60. The predicted octanol–water partition coefficient (Wildman–Crippen LogP) is 7.11. The first-order valence-corrected chi connectivity index (χ1v) is 11.1. The summed E-state index contributed by atoms with van der Waals surface area (Å²) in [5.41, 5.74) is 4.45. The van der Waals surface area contributed by atoms with E-state index in [9.17, 15) is 0 Å². The number of allylic oxidation sites excluding steroid dienone is 5. The van der Waals surface area contributed by atoms with Crippen molar-refractivity contribution in [2.75, 3.05) is 0 Å². The molecule has 0 heteroatoms. The summed E-state index contributed by atoms with van der Waals surface area (Å²) < 4.78 is 0. The Hall–Kier alpha value is -1.04. The molecule has 0 saturated heterocycles. The molecule has 0 aromatic carbocycles. The lowest BCUT2D eigenvalue weighted by Crippen LogP contribution is -2.44. The molecule has 8 atom stereocenters. The second-order valence-corrected chi connectivity index (χ2v) is 10.7. The fourth-order valence-electron chi connectivity index (χ4n) is 8.83. The Kier molecular flexibility index (Phi) is 3.46. The van der Waals surface area contributed by atoms with Gasteiger partial charge in [-0.15, -0.1) is 13.2 Å². The van der Waals surface area contributed by atoms with Gasteiger partial charge in [0, 0.05) is 10.8 Å². The van der Waals surface area contributed by atoms with Gasteiger partial charge in [-0.1, -0.05) is 49.8 Å². The molecule has 0 nitrogen and oxygen atoms in total. The van der Waals surface area contributed by atoms with Gasteiger partial charge >= 0.3 is 0 Å². The average Bonchev–Trinajstić information content (AvgIpc) is 3.16. The lowest BCUT2D eigenvalue weighted by atomic mass is 9.54. The van der Waals surface area contributed by atoms with Gasteiger partial charge in [-0.2, -0.15) is 0 Å². The van der Waals surface area contributed by atoms with Crippen molar-refractivity contribution in [3.63, 3.8) is 0 Å². The van der Waals surface area contributed by atoms with Crippen molar-refractivity contribution in [3.05, 3.63) is 49.1 Å². The van der Waals surface area contributed by atoms with Gasteiger partial charge in [0.2, 0.25) is 0 Å². The summed E-state index contributed by atoms with van der Waals surface area (Å²) >= 11 is 0. The fourth-order valence-corrected chi connectivity index (χ4v) is 8.83. The van der Waals surface area contributed by atoms with Gasteiger partial charge in [-0.25, -0.2) is 0 Å². The van der Waals surface area contributed by atoms with E-state index in [1.54, 1.807) is 5.57 Å². The standard InChI is InChI=1S/C26H36/c1-6-19-8-9-21-20-15-18(4)23-14-17(3)10-13-26(23)16-25(26,7-2)22(20)11-12-24(19,21)5/h6-7,14,18-22H,1-3,8-13,15-16H2,4-5H3. The van der Waals surface area contributed by atoms with Gasteiger partial charge in [0.25, 0.3) is 0 Å². The molecule has 0 heterocycles. The Labute approximate surface area is 160 Å². The van der Waals surface area contributed by atoms with Crippen LogP contribution >= 0.6 is 0 Å². The van der Waals surface area contributed by atoms with E-state index in [0.29, 0.717) is 22.2 Å². The van der Waals surface area contributed by atoms with Crippen LogP contribution in [-0.2, 0) is 0 Å². The van der Waals surface area contributed by atoms with E-state index in [1.165, 1.54) is 56.9 Å². The van der Waals surface area contributed by atoms with E-state index in [0.717, 1.165) is 23.7 Å². The van der Waals surface area contributed by atoms with Crippen molar-refractivity contribution in [2.24, 2.45) is 45.8 Å². The SMILES string of the molecule is C=CC1CCC2C3CC(C)C4=CC(=C)CCC45CC5(C=C)C3CCC12C. The van der Waals surface area contributed by atoms with Crippen LogP contribution in [0.15, 0.2) is 49.1 Å². The fraction of sp³-hybridized carbons (Fsp3) is 0.692. The normalized spacial score (nSPS) is 54.8. The van der Waals surface area contributed by atoms with Crippen molar-refractivity contribution < 1.29 is 0 Å². The molecule has 5 rings (SSSR count). The molecule has 5 aliphatic rings. The van der Waals surface area contributed by atoms with E-state index in [2.05, 4.69) is 51.8 Å². The van der Waals surface area contributed by atoms with Crippen LogP contribution in [0.3, 0.4) is 0 Å². The maximum absolute atomic E-state index is 4.43. The molecule has 0 radical (unpaired) electrons. The smallest absolute Gasteiger partial charge is 0.00235 e. The van der Waals surface area contributed by atoms with Crippen molar-refractivity contribution >= 4 is 0 Å². The summed E-state index contributed by atoms with van der Waals surface area (Å²) in [7, 11) is 0. The summed E-state index contributed by atoms with van der Waals surface area (Å²) in [6, 6.07) is 0. The number of fused-ring (bicyclic) bond motifs is 4. The monoisotopic (exact) mass is 348 g/mol. The van der Waals surface area contributed by atoms with Crippen LogP contribution in [0.5, 0.6) is 0 Å². The highest BCUT2D eigenvalue weighted by Crippen LogP contribution is 2.81. The summed E-state index contributed by atoms with van der Waals surface area (Å²) in [4.78, 5) is 0. The van der Waals surface area contributed by atoms with E-state index in [1.807, 2.05) is 0 Å². The lowest BCUT2D eigenvalue weighted by Gasteiger charge is -2.50. The second-order valence-electron chi connectivity index (χ2n) is 10.7. The summed E-state index contributed by atoms with van der Waals surface area (Å²) in [6.07, 6.45) is 18.1. The molecule has 26 heavy (non-hydrogen) atoms. The maximum atomic E-state index is 4.43. The zero-order chi connectivity index (χ0) is 18.3. The first-order chi connectivity index (χ1) is 12.4. The number of hydrogen-bond donors (Lipinski definition) is 0. The zero-order valence-electron chi connectivity index (χ0n) is 16.9. The van der Waals surface area contributed by atoms with Gasteiger partial charge < -0.3 is 0 Å². The Bertz CT molecular complexity index is 710. The minimum absolute atomic E-state index is 0.391. The quantitative estimate of drug-likeness (QED) is 0.466. The average molecular weight is 349 g/mol. The summed E-state index contributed by atoms with van der Waals surface area (Å²) in [5, 5.41) is 0. The largest absolute Gasteiger partial charge is 0.103 e. The molecule has 1 spiro atoms. The van der Waals surface area contributed by atoms with Crippen LogP contribution in [0.2, 0.25) is 0 Å². The third-order valence-electron chi connectivity index (χ3n) is 10.1. The summed E-state index contributed by atoms with van der Waals surface area (Å²) in [5.74, 6) is 4.09. The molecule has 5 aliphatic carbocycles. The highest BCUT2D eigenvalue weighted by Gasteiger charge is 2.74. The second kappa shape index (κ2) is 5.27. The first kappa shape index (κ1) is 17.1. The highest BCUT2D eigenvalue weighted by atomic mass is 14.8. The number of hydrogen-bond acceptors (Lipinski definition) is 0. The first-order valence-electron chi connectivity index (χ1n) is 11.1. The molecule has 8 unspecified atom stereocenters. The maximum Gasteiger partial charge on any atom is 0.00235 e. The van der Waals surface area contributed by atoms with Crippen LogP contribution in [0, 0.1) is 45.8 Å². The zero-order valence-corrected chi connectivity index (χ0v) is 16.9. The van der Waals surface area contributed by atoms with Crippen molar-refractivity contribution in [1.29, 1.82) is 0 Å². The van der Waals surface area contributed by atoms with Crippen LogP contribution in [0.4, 0.5) is 0 Å². The van der Waals surface area contributed by atoms with E-state index in [-0.39, 0.29) is 0 Å². The third kappa shape index (κ3) is 1.82. The Morgan fingerprint density at radius 2 is 1.92 bits per heavy atom. The molecule has 0 amide bonds. The number of rotatable bonds is 2. The molecule has 140 valence electrons. The topological polar surface area (TPSA) is 0 Å². The molecule has 0 N–H and O–H groups in total. The van der Waals surface area contributed by atoms with Gasteiger partial charge in [0.05, 0.1) is 0 Å². The van der Waals surface area contributed by atoms with E-state index in [4.69, 9.17) is 0 Å². The third-order valence-corrected chi connectivity index (χ3v) is 10.1. The Morgan fingerprint density at radius 1 is 1.12 bits per heavy atom. The minimum Gasteiger partial charge on any atom is -0.103 e. The van der Waals surface area contributed by atoms with Crippen LogP contribution < -0.4 is 0 Å². The van der Waals surface area contributed by atoms with E-state index < -0.39 is 0 Å². The Morgan fingerprint density at radius 3 is 2.65 bits per heavy atom. The van der Waals surface area contributed by atoms with Gasteiger partial charge in [-0.05, 0) is 86.4 Å². The van der Waals surface area contributed by atoms with Crippen molar-refractivity contribution in [2.45, 2.75) is 65.2 Å². The molecule has 0 bridgehead atoms. The van der Waals surface area contributed by atoms with Crippen LogP contribution in [0.25, 0.3) is 0 Å². The van der Waals surface area contributed by atoms with Gasteiger partial charge in [-0.3, -0.25) is 0 Å². The summed E-state index contributed by atoms with van der Waals surface area (Å²) in [6.45, 7) is 18.1. The van der Waals surface area contributed by atoms with Gasteiger partial charge in [0.15, 0.2) is 0 Å². The molecule has 4 saturated carbocycles.